The summed E-state index contributed by atoms with van der Waals surface area (Å²) in [5.74, 6) is -0.750. The number of ether oxygens (including phenoxy) is 1. The van der Waals surface area contributed by atoms with Crippen LogP contribution >= 0.6 is 0 Å². The van der Waals surface area contributed by atoms with E-state index in [0.717, 1.165) is 84.7 Å². The lowest BCUT2D eigenvalue weighted by Crippen LogP contribution is -2.43. The van der Waals surface area contributed by atoms with E-state index in [0.29, 0.717) is 6.42 Å². The minimum Gasteiger partial charge on any atom is -0.481 e. The van der Waals surface area contributed by atoms with E-state index in [-0.39, 0.29) is 23.5 Å². The molecule has 3 aliphatic heterocycles. The van der Waals surface area contributed by atoms with Crippen molar-refractivity contribution in [3.63, 3.8) is 0 Å². The second kappa shape index (κ2) is 12.7. The number of nitrogens with zero attached hydrogens (tertiary/aromatic N) is 1. The van der Waals surface area contributed by atoms with E-state index in [2.05, 4.69) is 74.2 Å². The van der Waals surface area contributed by atoms with E-state index < -0.39 is 26.9 Å². The third-order valence-electron chi connectivity index (χ3n) is 12.3. The number of carbonyl (C=O) groups is 1. The number of unbranched alkanes of at least 4 members (excludes halogenated alkanes) is 2. The molecule has 8 rings (SSSR count). The fraction of sp³-hybridized carbons (Fsp3) is 0.386. The molecule has 0 bridgehead atoms. The van der Waals surface area contributed by atoms with Crippen LogP contribution in [0.4, 0.5) is 5.69 Å². The lowest BCUT2D eigenvalue weighted by molar-refractivity contribution is -0.137. The Morgan fingerprint density at radius 2 is 1.69 bits per heavy atom. The van der Waals surface area contributed by atoms with Crippen LogP contribution in [0, 0.1) is 0 Å². The molecule has 52 heavy (non-hydrogen) atoms. The average Bonchev–Trinajstić information content (AvgIpc) is 3.37. The molecule has 3 unspecified atom stereocenters. The summed E-state index contributed by atoms with van der Waals surface area (Å²) in [6, 6.07) is 22.1. The van der Waals surface area contributed by atoms with Crippen molar-refractivity contribution >= 4 is 43.3 Å². The Kier molecular flexibility index (Phi) is 8.51. The predicted octanol–water partition coefficient (Wildman–Crippen LogP) is 9.57. The highest BCUT2D eigenvalue weighted by Gasteiger charge is 2.49. The van der Waals surface area contributed by atoms with E-state index in [4.69, 9.17) is 11.3 Å². The Morgan fingerprint density at radius 1 is 0.923 bits per heavy atom. The standard InChI is InChI=1S/C44H47NO6S/c1-27-34-26-35-38(22-24-45-36-21-18-30-25-31(52(48,49)50)19-20-33(30)41(36)43(2,3)42(35)45)51-37(34)14-10-12-29-17-16-28-11-7-8-13-32(28)40(29)44(27,4)23-9-5-6-15-39(46)47/h7-8,11,13,16-21,25-26,37-38H,1,5-6,9-10,12,14-15,22-24H2,2-4H3,(H,46,47)(H,48,49,50). The molecule has 0 radical (unpaired) electrons. The minimum absolute atomic E-state index is 0.0509. The maximum atomic E-state index is 12.0. The van der Waals surface area contributed by atoms with Crippen LogP contribution in [0.15, 0.2) is 107 Å². The molecular formula is C44H47NO6S. The van der Waals surface area contributed by atoms with Gasteiger partial charge in [0.1, 0.15) is 0 Å². The van der Waals surface area contributed by atoms with Gasteiger partial charge in [-0.05, 0) is 112 Å². The second-order valence-corrected chi connectivity index (χ2v) is 17.3. The molecule has 0 spiro atoms. The number of allylic oxidation sites excluding steroid dienone is 1. The monoisotopic (exact) mass is 717 g/mol. The summed E-state index contributed by atoms with van der Waals surface area (Å²) >= 11 is 0. The predicted molar refractivity (Wildman–Crippen MR) is 207 cm³/mol. The first-order valence-electron chi connectivity index (χ1n) is 18.7. The van der Waals surface area contributed by atoms with Gasteiger partial charge in [-0.25, -0.2) is 0 Å². The summed E-state index contributed by atoms with van der Waals surface area (Å²) < 4.78 is 40.9. The number of carboxylic acid groups (broad SMARTS) is 1. The van der Waals surface area contributed by atoms with Crippen LogP contribution in [0.3, 0.4) is 0 Å². The maximum Gasteiger partial charge on any atom is 0.303 e. The highest BCUT2D eigenvalue weighted by atomic mass is 32.2. The fourth-order valence-electron chi connectivity index (χ4n) is 9.89. The van der Waals surface area contributed by atoms with Gasteiger partial charge in [0, 0.05) is 40.8 Å². The van der Waals surface area contributed by atoms with Crippen molar-refractivity contribution in [3.8, 4) is 0 Å². The summed E-state index contributed by atoms with van der Waals surface area (Å²) in [6.07, 6.45) is 9.41. The fourth-order valence-corrected chi connectivity index (χ4v) is 10.4. The van der Waals surface area contributed by atoms with Crippen LogP contribution in [-0.2, 0) is 36.9 Å². The number of fused-ring (bicyclic) bond motifs is 10. The number of carboxylic acids is 1. The van der Waals surface area contributed by atoms with Gasteiger partial charge < -0.3 is 14.7 Å². The Hall–Kier alpha value is -4.24. The molecule has 0 saturated heterocycles. The molecule has 8 heteroatoms. The number of aryl methyl sites for hydroxylation is 1. The first-order valence-corrected chi connectivity index (χ1v) is 20.1. The summed E-state index contributed by atoms with van der Waals surface area (Å²) in [4.78, 5) is 13.6. The van der Waals surface area contributed by atoms with Crippen LogP contribution in [0.2, 0.25) is 0 Å². The molecule has 4 aromatic rings. The summed E-state index contributed by atoms with van der Waals surface area (Å²) in [7, 11) is -4.33. The van der Waals surface area contributed by atoms with Gasteiger partial charge in [-0.2, -0.15) is 8.42 Å². The highest BCUT2D eigenvalue weighted by Crippen LogP contribution is 2.56. The van der Waals surface area contributed by atoms with Gasteiger partial charge >= 0.3 is 5.97 Å². The van der Waals surface area contributed by atoms with Gasteiger partial charge in [0.2, 0.25) is 0 Å². The molecule has 2 N–H and O–H groups in total. The van der Waals surface area contributed by atoms with Crippen molar-refractivity contribution in [1.82, 2.24) is 0 Å². The van der Waals surface area contributed by atoms with Gasteiger partial charge in [-0.15, -0.1) is 0 Å². The topological polar surface area (TPSA) is 104 Å². The molecule has 0 fully saturated rings. The highest BCUT2D eigenvalue weighted by molar-refractivity contribution is 7.85. The molecule has 3 atom stereocenters. The molecule has 0 aromatic heterocycles. The summed E-state index contributed by atoms with van der Waals surface area (Å²) in [5, 5.41) is 13.5. The van der Waals surface area contributed by atoms with Crippen molar-refractivity contribution in [3.05, 3.63) is 118 Å². The van der Waals surface area contributed by atoms with Gasteiger partial charge in [0.05, 0.1) is 17.1 Å². The summed E-state index contributed by atoms with van der Waals surface area (Å²) in [6.45, 7) is 12.6. The van der Waals surface area contributed by atoms with Crippen molar-refractivity contribution in [2.45, 2.75) is 106 Å². The van der Waals surface area contributed by atoms with E-state index in [1.807, 2.05) is 12.1 Å². The van der Waals surface area contributed by atoms with Crippen LogP contribution in [0.25, 0.3) is 21.5 Å². The minimum atomic E-state index is -4.33. The van der Waals surface area contributed by atoms with Gasteiger partial charge in [-0.1, -0.05) is 88.7 Å². The number of rotatable bonds is 7. The van der Waals surface area contributed by atoms with Crippen LogP contribution in [0.1, 0.15) is 88.8 Å². The van der Waals surface area contributed by atoms with Crippen molar-refractivity contribution in [1.29, 1.82) is 0 Å². The smallest absolute Gasteiger partial charge is 0.303 e. The quantitative estimate of drug-likeness (QED) is 0.145. The summed E-state index contributed by atoms with van der Waals surface area (Å²) in [5.41, 5.74) is 8.78. The first-order chi connectivity index (χ1) is 24.8. The van der Waals surface area contributed by atoms with E-state index in [1.165, 1.54) is 39.2 Å². The van der Waals surface area contributed by atoms with Gasteiger partial charge in [0.15, 0.2) is 0 Å². The number of aliphatic carboxylic acids is 1. The van der Waals surface area contributed by atoms with Gasteiger partial charge in [-0.3, -0.25) is 9.35 Å². The third-order valence-corrected chi connectivity index (χ3v) is 13.2. The molecule has 3 heterocycles. The Morgan fingerprint density at radius 3 is 2.48 bits per heavy atom. The third kappa shape index (κ3) is 5.62. The van der Waals surface area contributed by atoms with E-state index in [1.54, 1.807) is 6.07 Å². The van der Waals surface area contributed by atoms with Crippen LogP contribution in [0.5, 0.6) is 0 Å². The number of benzene rings is 4. The normalized spacial score (nSPS) is 23.9. The number of hydrogen-bond donors (Lipinski definition) is 2. The zero-order chi connectivity index (χ0) is 36.6. The molecule has 1 aliphatic carbocycles. The Bertz CT molecular complexity index is 2340. The Labute approximate surface area is 306 Å². The largest absolute Gasteiger partial charge is 0.481 e. The molecule has 4 aromatic carbocycles. The van der Waals surface area contributed by atoms with Crippen LogP contribution < -0.4 is 4.90 Å². The molecular weight excluding hydrogens is 671 g/mol. The lowest BCUT2D eigenvalue weighted by Gasteiger charge is -2.44. The van der Waals surface area contributed by atoms with E-state index in [9.17, 15) is 22.9 Å². The average molecular weight is 718 g/mol. The number of anilines is 1. The lowest BCUT2D eigenvalue weighted by atomic mass is 9.66. The van der Waals surface area contributed by atoms with Crippen LogP contribution in [-0.4, -0.2) is 42.8 Å². The SMILES string of the molecule is C=C1C2=CC3=C4N(CCC3OC2CCCc2ccc3ccccc3c2C1(C)CCCCCC(=O)O)c1ccc2cc(S(=O)(=O)O)ccc2c1C4(C)C. The molecule has 0 saturated carbocycles. The molecule has 4 aliphatic rings. The zero-order valence-corrected chi connectivity index (χ0v) is 31.1. The zero-order valence-electron chi connectivity index (χ0n) is 30.2. The molecule has 0 amide bonds. The second-order valence-electron chi connectivity index (χ2n) is 15.9. The van der Waals surface area contributed by atoms with Crippen molar-refractivity contribution in [2.75, 3.05) is 11.4 Å². The molecule has 7 nitrogen and oxygen atoms in total. The maximum absolute atomic E-state index is 12.0. The van der Waals surface area contributed by atoms with E-state index >= 15 is 0 Å². The van der Waals surface area contributed by atoms with Gasteiger partial charge in [0.25, 0.3) is 10.1 Å². The van der Waals surface area contributed by atoms with Crippen molar-refractivity contribution < 1.29 is 27.6 Å². The number of hydrogen-bond acceptors (Lipinski definition) is 5. The van der Waals surface area contributed by atoms with Crippen molar-refractivity contribution in [2.24, 2.45) is 0 Å². The first kappa shape index (κ1) is 34.8. The Balaban J connectivity index is 1.27. The molecule has 270 valence electrons.